The molecule has 0 bridgehead atoms. The van der Waals surface area contributed by atoms with E-state index in [0.29, 0.717) is 17.3 Å². The van der Waals surface area contributed by atoms with E-state index in [2.05, 4.69) is 5.32 Å². The molecule has 0 heterocycles. The van der Waals surface area contributed by atoms with Crippen LogP contribution in [-0.4, -0.2) is 51.4 Å². The van der Waals surface area contributed by atoms with Crippen molar-refractivity contribution < 1.29 is 22.7 Å². The topological polar surface area (TPSA) is 96.0 Å². The molecule has 4 aromatic rings. The molecule has 0 aliphatic rings. The molecular formula is C35H38ClN3O5S. The number of rotatable bonds is 14. The lowest BCUT2D eigenvalue weighted by Gasteiger charge is -2.34. The zero-order valence-corrected chi connectivity index (χ0v) is 27.2. The monoisotopic (exact) mass is 647 g/mol. The molecule has 0 saturated carbocycles. The van der Waals surface area contributed by atoms with Gasteiger partial charge in [-0.05, 0) is 65.6 Å². The predicted octanol–water partition coefficient (Wildman–Crippen LogP) is 5.96. The smallest absolute Gasteiger partial charge is 0.264 e. The van der Waals surface area contributed by atoms with E-state index in [9.17, 15) is 18.0 Å². The molecule has 2 amide bonds. The van der Waals surface area contributed by atoms with Gasteiger partial charge in [0.2, 0.25) is 11.8 Å². The molecule has 0 fully saturated rings. The number of anilines is 1. The predicted molar refractivity (Wildman–Crippen MR) is 178 cm³/mol. The fourth-order valence-corrected chi connectivity index (χ4v) is 6.32. The van der Waals surface area contributed by atoms with Crippen LogP contribution in [0.2, 0.25) is 5.02 Å². The molecule has 0 radical (unpaired) electrons. The van der Waals surface area contributed by atoms with Crippen molar-refractivity contribution in [1.82, 2.24) is 10.2 Å². The molecular weight excluding hydrogens is 610 g/mol. The molecule has 8 nitrogen and oxygen atoms in total. The lowest BCUT2D eigenvalue weighted by molar-refractivity contribution is -0.140. The number of nitrogens with zero attached hydrogens (tertiary/aromatic N) is 2. The van der Waals surface area contributed by atoms with Crippen molar-refractivity contribution >= 4 is 39.1 Å². The Morgan fingerprint density at radius 1 is 0.822 bits per heavy atom. The number of hydrogen-bond acceptors (Lipinski definition) is 5. The SMILES string of the molecule is COc1ccc(N(CC(=O)N(Cc2ccc(Cl)cc2)C(Cc2ccccc2)C(=O)NCC(C)C)S(=O)(=O)c2ccccc2)cc1. The van der Waals surface area contributed by atoms with E-state index in [1.807, 2.05) is 44.2 Å². The molecule has 1 atom stereocenters. The molecule has 10 heteroatoms. The highest BCUT2D eigenvalue weighted by Gasteiger charge is 2.34. The van der Waals surface area contributed by atoms with E-state index in [-0.39, 0.29) is 35.4 Å². The van der Waals surface area contributed by atoms with Gasteiger partial charge in [-0.1, -0.05) is 86.1 Å². The molecule has 0 aliphatic carbocycles. The Balaban J connectivity index is 1.78. The van der Waals surface area contributed by atoms with Gasteiger partial charge >= 0.3 is 0 Å². The average molecular weight is 648 g/mol. The summed E-state index contributed by atoms with van der Waals surface area (Å²) in [5.74, 6) is -0.137. The standard InChI is InChI=1S/C35H38ClN3O5S/c1-26(2)23-37-35(41)33(22-27-10-6-4-7-11-27)38(24-28-14-16-29(36)17-15-28)34(40)25-39(30-18-20-31(44-3)21-19-30)45(42,43)32-12-8-5-9-13-32/h4-21,26,33H,22-25H2,1-3H3,(H,37,41). The molecule has 0 aliphatic heterocycles. The van der Waals surface area contributed by atoms with Crippen LogP contribution >= 0.6 is 11.6 Å². The van der Waals surface area contributed by atoms with Crippen LogP contribution in [0.4, 0.5) is 5.69 Å². The normalized spacial score (nSPS) is 11.9. The van der Waals surface area contributed by atoms with Gasteiger partial charge in [0.25, 0.3) is 10.0 Å². The Hall–Kier alpha value is -4.34. The van der Waals surface area contributed by atoms with E-state index in [1.54, 1.807) is 66.7 Å². The zero-order chi connectivity index (χ0) is 32.4. The highest BCUT2D eigenvalue weighted by molar-refractivity contribution is 7.92. The van der Waals surface area contributed by atoms with Crippen LogP contribution in [0.5, 0.6) is 5.75 Å². The summed E-state index contributed by atoms with van der Waals surface area (Å²) in [4.78, 5) is 29.8. The highest BCUT2D eigenvalue weighted by atomic mass is 35.5. The number of ether oxygens (including phenoxy) is 1. The summed E-state index contributed by atoms with van der Waals surface area (Å²) in [7, 11) is -2.66. The maximum absolute atomic E-state index is 14.5. The van der Waals surface area contributed by atoms with E-state index in [1.165, 1.54) is 24.1 Å². The van der Waals surface area contributed by atoms with Crippen molar-refractivity contribution in [3.8, 4) is 5.75 Å². The van der Waals surface area contributed by atoms with Gasteiger partial charge in [0.05, 0.1) is 17.7 Å². The van der Waals surface area contributed by atoms with Gasteiger partial charge in [-0.2, -0.15) is 0 Å². The van der Waals surface area contributed by atoms with Gasteiger partial charge in [-0.15, -0.1) is 0 Å². The first-order chi connectivity index (χ1) is 21.6. The number of hydrogen-bond donors (Lipinski definition) is 1. The first-order valence-corrected chi connectivity index (χ1v) is 16.5. The Kier molecular flexibility index (Phi) is 11.6. The van der Waals surface area contributed by atoms with Crippen LogP contribution in [0.25, 0.3) is 0 Å². The lowest BCUT2D eigenvalue weighted by Crippen LogP contribution is -2.53. The van der Waals surface area contributed by atoms with Crippen molar-refractivity contribution in [2.24, 2.45) is 5.92 Å². The fraction of sp³-hybridized carbons (Fsp3) is 0.257. The number of halogens is 1. The lowest BCUT2D eigenvalue weighted by atomic mass is 10.0. The highest BCUT2D eigenvalue weighted by Crippen LogP contribution is 2.27. The third-order valence-electron chi connectivity index (χ3n) is 7.19. The summed E-state index contributed by atoms with van der Waals surface area (Å²) in [6.45, 7) is 3.92. The summed E-state index contributed by atoms with van der Waals surface area (Å²) < 4.78 is 34.4. The van der Waals surface area contributed by atoms with Crippen molar-refractivity contribution in [3.05, 3.63) is 125 Å². The number of methoxy groups -OCH3 is 1. The molecule has 0 aromatic heterocycles. The van der Waals surface area contributed by atoms with Crippen molar-refractivity contribution in [3.63, 3.8) is 0 Å². The third-order valence-corrected chi connectivity index (χ3v) is 9.23. The van der Waals surface area contributed by atoms with Gasteiger partial charge in [-0.3, -0.25) is 13.9 Å². The summed E-state index contributed by atoms with van der Waals surface area (Å²) in [5, 5.41) is 3.52. The van der Waals surface area contributed by atoms with Crippen LogP contribution in [0.1, 0.15) is 25.0 Å². The summed E-state index contributed by atoms with van der Waals surface area (Å²) in [6.07, 6.45) is 0.234. The van der Waals surface area contributed by atoms with Gasteiger partial charge in [0, 0.05) is 24.5 Å². The zero-order valence-electron chi connectivity index (χ0n) is 25.6. The second kappa shape index (κ2) is 15.6. The van der Waals surface area contributed by atoms with Gasteiger partial charge < -0.3 is 15.0 Å². The Morgan fingerprint density at radius 3 is 2.00 bits per heavy atom. The second-order valence-corrected chi connectivity index (χ2v) is 13.3. The van der Waals surface area contributed by atoms with E-state index in [0.717, 1.165) is 15.4 Å². The number of amides is 2. The van der Waals surface area contributed by atoms with Crippen LogP contribution in [0.15, 0.2) is 114 Å². The average Bonchev–Trinajstić information content (AvgIpc) is 3.05. The number of carbonyl (C=O) groups excluding carboxylic acids is 2. The minimum atomic E-state index is -4.18. The first kappa shape index (κ1) is 33.6. The van der Waals surface area contributed by atoms with Crippen molar-refractivity contribution in [2.45, 2.75) is 37.8 Å². The Bertz CT molecular complexity index is 1650. The number of benzene rings is 4. The molecule has 1 unspecified atom stereocenters. The molecule has 0 saturated heterocycles. The van der Waals surface area contributed by atoms with Crippen LogP contribution in [-0.2, 0) is 32.6 Å². The van der Waals surface area contributed by atoms with Crippen LogP contribution in [0.3, 0.4) is 0 Å². The molecule has 45 heavy (non-hydrogen) atoms. The maximum atomic E-state index is 14.5. The number of carbonyl (C=O) groups is 2. The van der Waals surface area contributed by atoms with Crippen LogP contribution < -0.4 is 14.4 Å². The van der Waals surface area contributed by atoms with Gasteiger partial charge in [-0.25, -0.2) is 8.42 Å². The minimum absolute atomic E-state index is 0.0355. The molecule has 1 N–H and O–H groups in total. The summed E-state index contributed by atoms with van der Waals surface area (Å²) in [6, 6.07) is 29.9. The van der Waals surface area contributed by atoms with Crippen molar-refractivity contribution in [1.29, 1.82) is 0 Å². The van der Waals surface area contributed by atoms with E-state index in [4.69, 9.17) is 16.3 Å². The molecule has 0 spiro atoms. The molecule has 4 aromatic carbocycles. The summed E-state index contributed by atoms with van der Waals surface area (Å²) in [5.41, 5.74) is 1.88. The Labute approximate surface area is 270 Å². The number of nitrogens with one attached hydrogen (secondary N) is 1. The third kappa shape index (κ3) is 9.09. The second-order valence-electron chi connectivity index (χ2n) is 11.0. The quantitative estimate of drug-likeness (QED) is 0.182. The van der Waals surface area contributed by atoms with Gasteiger partial charge in [0.1, 0.15) is 18.3 Å². The number of sulfonamides is 1. The largest absolute Gasteiger partial charge is 0.497 e. The van der Waals surface area contributed by atoms with Gasteiger partial charge in [0.15, 0.2) is 0 Å². The molecule has 4 rings (SSSR count). The maximum Gasteiger partial charge on any atom is 0.264 e. The summed E-state index contributed by atoms with van der Waals surface area (Å²) >= 11 is 6.14. The van der Waals surface area contributed by atoms with Crippen molar-refractivity contribution in [2.75, 3.05) is 24.5 Å². The first-order valence-electron chi connectivity index (χ1n) is 14.7. The van der Waals surface area contributed by atoms with E-state index >= 15 is 0 Å². The Morgan fingerprint density at radius 2 is 1.42 bits per heavy atom. The van der Waals surface area contributed by atoms with Crippen LogP contribution in [0, 0.1) is 5.92 Å². The minimum Gasteiger partial charge on any atom is -0.497 e. The van der Waals surface area contributed by atoms with E-state index < -0.39 is 28.5 Å². The molecule has 236 valence electrons. The fourth-order valence-electron chi connectivity index (χ4n) is 4.76.